The number of benzene rings is 3. The minimum absolute atomic E-state index is 0.122. The van der Waals surface area contributed by atoms with E-state index in [-0.39, 0.29) is 17.0 Å². The number of fused-ring (bicyclic) bond motifs is 1. The van der Waals surface area contributed by atoms with Crippen LogP contribution in [-0.2, 0) is 4.79 Å². The largest absolute Gasteiger partial charge is 0.503 e. The summed E-state index contributed by atoms with van der Waals surface area (Å²) in [5.41, 5.74) is 1.20. The van der Waals surface area contributed by atoms with Gasteiger partial charge in [-0.05, 0) is 67.9 Å². The van der Waals surface area contributed by atoms with Gasteiger partial charge in [0.15, 0.2) is 11.5 Å². The number of hydrogen-bond acceptors (Lipinski definition) is 5. The Labute approximate surface area is 222 Å². The van der Waals surface area contributed by atoms with Gasteiger partial charge in [0, 0.05) is 35.3 Å². The fourth-order valence-electron chi connectivity index (χ4n) is 4.79. The third kappa shape index (κ3) is 4.31. The minimum atomic E-state index is -1.20. The van der Waals surface area contributed by atoms with Crippen LogP contribution in [-0.4, -0.2) is 29.9 Å². The second-order valence-corrected chi connectivity index (χ2v) is 9.26. The van der Waals surface area contributed by atoms with E-state index in [0.29, 0.717) is 27.6 Å². The van der Waals surface area contributed by atoms with E-state index in [1.807, 2.05) is 26.0 Å². The molecule has 0 saturated heterocycles. The number of Topliss-reactive ketones (excluding diaryl/α,β-unsaturated/α-hetero) is 1. The number of amides is 1. The lowest BCUT2D eigenvalue weighted by Gasteiger charge is -2.28. The van der Waals surface area contributed by atoms with Crippen LogP contribution in [0.25, 0.3) is 11.0 Å². The van der Waals surface area contributed by atoms with Gasteiger partial charge in [-0.1, -0.05) is 23.7 Å². The highest BCUT2D eigenvalue weighted by atomic mass is 35.5. The summed E-state index contributed by atoms with van der Waals surface area (Å²) < 4.78 is 34.3. The first-order valence-corrected chi connectivity index (χ1v) is 12.4. The maximum Gasteiger partial charge on any atom is 0.294 e. The zero-order chi connectivity index (χ0) is 27.1. The molecule has 0 saturated carbocycles. The van der Waals surface area contributed by atoms with Crippen molar-refractivity contribution in [2.24, 2.45) is 0 Å². The van der Waals surface area contributed by atoms with E-state index in [1.165, 1.54) is 6.07 Å². The quantitative estimate of drug-likeness (QED) is 0.258. The van der Waals surface area contributed by atoms with Crippen LogP contribution in [0.3, 0.4) is 0 Å². The SMILES string of the molecule is CCN(CC)c1ccc(C2C(C(=O)c3cc4cc(Cl)ccc4o3)=C(O)C(=O)N2c2ccc(F)cc2F)cc1. The molecule has 1 aromatic heterocycles. The molecular weight excluding hydrogens is 514 g/mol. The number of aliphatic hydroxyl groups is 1. The number of hydrogen-bond donors (Lipinski definition) is 1. The Kier molecular flexibility index (Phi) is 6.67. The van der Waals surface area contributed by atoms with E-state index in [2.05, 4.69) is 4.90 Å². The highest BCUT2D eigenvalue weighted by molar-refractivity contribution is 6.31. The maximum absolute atomic E-state index is 14.9. The van der Waals surface area contributed by atoms with Crippen molar-refractivity contribution in [3.05, 3.63) is 106 Å². The van der Waals surface area contributed by atoms with Gasteiger partial charge < -0.3 is 14.4 Å². The molecule has 1 atom stereocenters. The second-order valence-electron chi connectivity index (χ2n) is 8.82. The molecule has 1 N–H and O–H groups in total. The molecule has 4 aromatic rings. The molecule has 38 heavy (non-hydrogen) atoms. The number of aliphatic hydroxyl groups excluding tert-OH is 1. The Bertz CT molecular complexity index is 1590. The molecule has 1 aliphatic heterocycles. The van der Waals surface area contributed by atoms with E-state index >= 15 is 0 Å². The molecule has 0 bridgehead atoms. The zero-order valence-electron chi connectivity index (χ0n) is 20.5. The van der Waals surface area contributed by atoms with Crippen LogP contribution in [0.5, 0.6) is 0 Å². The lowest BCUT2D eigenvalue weighted by molar-refractivity contribution is -0.117. The fraction of sp³-hybridized carbons (Fsp3) is 0.172. The summed E-state index contributed by atoms with van der Waals surface area (Å²) in [6, 6.07) is 14.9. The number of rotatable bonds is 7. The predicted molar refractivity (Wildman–Crippen MR) is 142 cm³/mol. The molecular formula is C29H23ClF2N2O4. The van der Waals surface area contributed by atoms with Gasteiger partial charge in [-0.25, -0.2) is 8.78 Å². The molecule has 0 aliphatic carbocycles. The van der Waals surface area contributed by atoms with E-state index in [0.717, 1.165) is 35.8 Å². The molecule has 0 fully saturated rings. The smallest absolute Gasteiger partial charge is 0.294 e. The highest BCUT2D eigenvalue weighted by Crippen LogP contribution is 2.43. The van der Waals surface area contributed by atoms with E-state index < -0.39 is 35.1 Å². The summed E-state index contributed by atoms with van der Waals surface area (Å²) >= 11 is 6.06. The van der Waals surface area contributed by atoms with Gasteiger partial charge in [-0.15, -0.1) is 0 Å². The van der Waals surface area contributed by atoms with Gasteiger partial charge in [0.25, 0.3) is 5.91 Å². The third-order valence-corrected chi connectivity index (χ3v) is 6.90. The van der Waals surface area contributed by atoms with Crippen molar-refractivity contribution in [2.75, 3.05) is 22.9 Å². The first-order valence-electron chi connectivity index (χ1n) is 12.0. The van der Waals surface area contributed by atoms with Crippen molar-refractivity contribution >= 4 is 45.6 Å². The number of anilines is 2. The lowest BCUT2D eigenvalue weighted by atomic mass is 9.94. The molecule has 0 radical (unpaired) electrons. The fourth-order valence-corrected chi connectivity index (χ4v) is 4.97. The molecule has 5 rings (SSSR count). The van der Waals surface area contributed by atoms with Crippen molar-refractivity contribution in [1.29, 1.82) is 0 Å². The van der Waals surface area contributed by atoms with Crippen molar-refractivity contribution in [3.63, 3.8) is 0 Å². The summed E-state index contributed by atoms with van der Waals surface area (Å²) in [6.45, 7) is 5.57. The summed E-state index contributed by atoms with van der Waals surface area (Å²) in [5.74, 6) is -4.53. The van der Waals surface area contributed by atoms with Crippen LogP contribution < -0.4 is 9.80 Å². The van der Waals surface area contributed by atoms with Crippen LogP contribution in [0.2, 0.25) is 5.02 Å². The van der Waals surface area contributed by atoms with Gasteiger partial charge >= 0.3 is 0 Å². The summed E-state index contributed by atoms with van der Waals surface area (Å²) in [7, 11) is 0. The Morgan fingerprint density at radius 1 is 1.03 bits per heavy atom. The number of halogens is 3. The predicted octanol–water partition coefficient (Wildman–Crippen LogP) is 6.99. The molecule has 0 spiro atoms. The van der Waals surface area contributed by atoms with Crippen molar-refractivity contribution in [2.45, 2.75) is 19.9 Å². The molecule has 3 aromatic carbocycles. The van der Waals surface area contributed by atoms with Gasteiger partial charge in [0.2, 0.25) is 5.78 Å². The zero-order valence-corrected chi connectivity index (χ0v) is 21.3. The van der Waals surface area contributed by atoms with Gasteiger partial charge in [-0.3, -0.25) is 14.5 Å². The van der Waals surface area contributed by atoms with E-state index in [9.17, 15) is 23.5 Å². The Morgan fingerprint density at radius 2 is 1.74 bits per heavy atom. The molecule has 6 nitrogen and oxygen atoms in total. The Balaban J connectivity index is 1.65. The summed E-state index contributed by atoms with van der Waals surface area (Å²) in [4.78, 5) is 30.1. The van der Waals surface area contributed by atoms with E-state index in [4.69, 9.17) is 16.0 Å². The lowest BCUT2D eigenvalue weighted by Crippen LogP contribution is -2.32. The molecule has 1 amide bonds. The average Bonchev–Trinajstić information content (AvgIpc) is 3.43. The minimum Gasteiger partial charge on any atom is -0.503 e. The van der Waals surface area contributed by atoms with Crippen LogP contribution >= 0.6 is 11.6 Å². The summed E-state index contributed by atoms with van der Waals surface area (Å²) in [5, 5.41) is 11.9. The molecule has 9 heteroatoms. The van der Waals surface area contributed by atoms with Gasteiger partial charge in [0.1, 0.15) is 17.2 Å². The Hall–Kier alpha value is -4.17. The number of ketones is 1. The topological polar surface area (TPSA) is 74.0 Å². The molecule has 194 valence electrons. The van der Waals surface area contributed by atoms with Gasteiger partial charge in [0.05, 0.1) is 17.3 Å². The number of nitrogens with zero attached hydrogens (tertiary/aromatic N) is 2. The number of furan rings is 1. The van der Waals surface area contributed by atoms with E-state index in [1.54, 1.807) is 30.3 Å². The third-order valence-electron chi connectivity index (χ3n) is 6.66. The van der Waals surface area contributed by atoms with Gasteiger partial charge in [-0.2, -0.15) is 0 Å². The first kappa shape index (κ1) is 25.5. The standard InChI is InChI=1S/C29H23ClF2N2O4/c1-3-33(4-2)20-9-5-16(6-10-20)26-25(27(35)24-14-17-13-18(30)7-12-23(17)38-24)28(36)29(37)34(26)22-11-8-19(31)15-21(22)32/h5-15,26,36H,3-4H2,1-2H3. The van der Waals surface area contributed by atoms with Crippen molar-refractivity contribution < 1.29 is 27.9 Å². The van der Waals surface area contributed by atoms with Crippen LogP contribution in [0.1, 0.15) is 36.0 Å². The second kappa shape index (κ2) is 9.95. The average molecular weight is 537 g/mol. The van der Waals surface area contributed by atoms with Crippen LogP contribution in [0, 0.1) is 11.6 Å². The highest BCUT2D eigenvalue weighted by Gasteiger charge is 2.46. The number of carbonyl (C=O) groups is 2. The van der Waals surface area contributed by atoms with Crippen LogP contribution in [0.4, 0.5) is 20.2 Å². The molecule has 1 unspecified atom stereocenters. The normalized spacial score (nSPS) is 15.6. The van der Waals surface area contributed by atoms with Crippen LogP contribution in [0.15, 0.2) is 82.5 Å². The van der Waals surface area contributed by atoms with Crippen molar-refractivity contribution in [1.82, 2.24) is 0 Å². The maximum atomic E-state index is 14.9. The summed E-state index contributed by atoms with van der Waals surface area (Å²) in [6.07, 6.45) is 0. The molecule has 1 aliphatic rings. The Morgan fingerprint density at radius 3 is 2.39 bits per heavy atom. The molecule has 2 heterocycles. The monoisotopic (exact) mass is 536 g/mol. The number of carbonyl (C=O) groups excluding carboxylic acids is 2. The van der Waals surface area contributed by atoms with Crippen molar-refractivity contribution in [3.8, 4) is 0 Å². The first-order chi connectivity index (χ1) is 18.2.